The van der Waals surface area contributed by atoms with E-state index in [-0.39, 0.29) is 0 Å². The van der Waals surface area contributed by atoms with E-state index in [0.717, 1.165) is 32.1 Å². The summed E-state index contributed by atoms with van der Waals surface area (Å²) in [7, 11) is 3.82. The SMILES string of the molecule is CN(C)C(=[N+]=N)N1CCNCC1. The van der Waals surface area contributed by atoms with Gasteiger partial charge in [0.25, 0.3) is 0 Å². The molecule has 2 N–H and O–H groups in total. The molecule has 1 saturated heterocycles. The highest BCUT2D eigenvalue weighted by atomic mass is 15.4. The van der Waals surface area contributed by atoms with Crippen molar-refractivity contribution in [2.24, 2.45) is 0 Å². The van der Waals surface area contributed by atoms with Crippen molar-refractivity contribution in [3.8, 4) is 0 Å². The van der Waals surface area contributed by atoms with Crippen LogP contribution < -0.4 is 5.32 Å². The monoisotopic (exact) mass is 170 g/mol. The molecule has 0 aromatic heterocycles. The van der Waals surface area contributed by atoms with E-state index in [1.165, 1.54) is 0 Å². The van der Waals surface area contributed by atoms with Crippen LogP contribution in [0, 0.1) is 5.53 Å². The van der Waals surface area contributed by atoms with Gasteiger partial charge in [0, 0.05) is 13.1 Å². The Bertz CT molecular complexity index is 188. The Kier molecular flexibility index (Phi) is 3.08. The smallest absolute Gasteiger partial charge is 0.310 e. The lowest BCUT2D eigenvalue weighted by Crippen LogP contribution is -2.51. The molecule has 0 atom stereocenters. The van der Waals surface area contributed by atoms with E-state index >= 15 is 0 Å². The van der Waals surface area contributed by atoms with Gasteiger partial charge in [0.2, 0.25) is 0 Å². The van der Waals surface area contributed by atoms with Crippen molar-refractivity contribution in [1.29, 1.82) is 5.53 Å². The van der Waals surface area contributed by atoms with Gasteiger partial charge >= 0.3 is 5.96 Å². The molecule has 0 aliphatic carbocycles. The Morgan fingerprint density at radius 3 is 2.42 bits per heavy atom. The first kappa shape index (κ1) is 9.03. The Morgan fingerprint density at radius 2 is 2.00 bits per heavy atom. The van der Waals surface area contributed by atoms with E-state index in [2.05, 4.69) is 15.0 Å². The average Bonchev–Trinajstić information content (AvgIpc) is 2.07. The molecule has 0 aromatic rings. The van der Waals surface area contributed by atoms with E-state index in [1.54, 1.807) is 0 Å². The number of nitrogens with one attached hydrogen (secondary N) is 2. The van der Waals surface area contributed by atoms with Crippen LogP contribution in [0.3, 0.4) is 0 Å². The largest absolute Gasteiger partial charge is 0.468 e. The summed E-state index contributed by atoms with van der Waals surface area (Å²) in [6.07, 6.45) is 0. The second-order valence-electron chi connectivity index (χ2n) is 3.04. The fraction of sp³-hybridized carbons (Fsp3) is 0.857. The van der Waals surface area contributed by atoms with Gasteiger partial charge in [-0.3, -0.25) is 4.90 Å². The van der Waals surface area contributed by atoms with Crippen molar-refractivity contribution >= 4 is 5.96 Å². The fourth-order valence-electron chi connectivity index (χ4n) is 1.32. The predicted octanol–water partition coefficient (Wildman–Crippen LogP) is -0.952. The standard InChI is InChI=1S/C7H16N5/c1-11(2)7(10-8)12-5-3-9-4-6-12/h8-9H,3-6H2,1-2H3/q+1. The summed E-state index contributed by atoms with van der Waals surface area (Å²) in [6.45, 7) is 3.84. The number of hydrogen-bond donors (Lipinski definition) is 2. The van der Waals surface area contributed by atoms with Crippen molar-refractivity contribution in [3.63, 3.8) is 0 Å². The van der Waals surface area contributed by atoms with Gasteiger partial charge in [-0.25, -0.2) is 4.90 Å². The third-order valence-electron chi connectivity index (χ3n) is 1.90. The van der Waals surface area contributed by atoms with E-state index < -0.39 is 0 Å². The normalized spacial score (nSPS) is 17.0. The molecule has 5 nitrogen and oxygen atoms in total. The molecule has 0 bridgehead atoms. The third-order valence-corrected chi connectivity index (χ3v) is 1.90. The Hall–Kier alpha value is -1.06. The van der Waals surface area contributed by atoms with Crippen LogP contribution in [0.5, 0.6) is 0 Å². The van der Waals surface area contributed by atoms with Crippen molar-refractivity contribution in [2.75, 3.05) is 40.3 Å². The van der Waals surface area contributed by atoms with Crippen LogP contribution in [0.4, 0.5) is 0 Å². The number of piperazine rings is 1. The molecule has 0 unspecified atom stereocenters. The lowest BCUT2D eigenvalue weighted by molar-refractivity contribution is -0.145. The predicted molar refractivity (Wildman–Crippen MR) is 46.1 cm³/mol. The maximum atomic E-state index is 7.01. The average molecular weight is 170 g/mol. The van der Waals surface area contributed by atoms with Gasteiger partial charge < -0.3 is 5.32 Å². The molecule has 0 aromatic carbocycles. The van der Waals surface area contributed by atoms with Crippen LogP contribution >= 0.6 is 0 Å². The molecule has 12 heavy (non-hydrogen) atoms. The summed E-state index contributed by atoms with van der Waals surface area (Å²) in [5.41, 5.74) is 7.01. The molecule has 0 spiro atoms. The molecule has 0 radical (unpaired) electrons. The molecule has 1 rings (SSSR count). The molecule has 0 amide bonds. The summed E-state index contributed by atoms with van der Waals surface area (Å²) in [5, 5.41) is 3.26. The molecular weight excluding hydrogens is 154 g/mol. The van der Waals surface area contributed by atoms with Crippen LogP contribution in [-0.2, 0) is 0 Å². The lowest BCUT2D eigenvalue weighted by atomic mass is 10.4. The molecule has 68 valence electrons. The Labute approximate surface area is 72.6 Å². The van der Waals surface area contributed by atoms with Gasteiger partial charge in [-0.1, -0.05) is 5.53 Å². The Balaban J connectivity index is 2.59. The zero-order valence-electron chi connectivity index (χ0n) is 7.67. The first-order valence-corrected chi connectivity index (χ1v) is 4.13. The van der Waals surface area contributed by atoms with Crippen LogP contribution in [0.2, 0.25) is 0 Å². The van der Waals surface area contributed by atoms with Crippen LogP contribution in [0.1, 0.15) is 0 Å². The third kappa shape index (κ3) is 1.96. The van der Waals surface area contributed by atoms with Crippen molar-refractivity contribution in [2.45, 2.75) is 0 Å². The minimum atomic E-state index is 0.747. The highest BCUT2D eigenvalue weighted by molar-refractivity contribution is 5.73. The minimum absolute atomic E-state index is 0.747. The molecule has 0 saturated carbocycles. The zero-order valence-corrected chi connectivity index (χ0v) is 7.67. The van der Waals surface area contributed by atoms with Gasteiger partial charge in [0.1, 0.15) is 0 Å². The van der Waals surface area contributed by atoms with Crippen molar-refractivity contribution in [3.05, 3.63) is 0 Å². The van der Waals surface area contributed by atoms with Crippen LogP contribution in [0.25, 0.3) is 0 Å². The summed E-state index contributed by atoms with van der Waals surface area (Å²) < 4.78 is 0. The van der Waals surface area contributed by atoms with Crippen LogP contribution in [-0.4, -0.2) is 60.8 Å². The number of hydrogen-bond acceptors (Lipinski definition) is 2. The second-order valence-corrected chi connectivity index (χ2v) is 3.04. The first-order chi connectivity index (χ1) is 5.75. The maximum Gasteiger partial charge on any atom is 0.468 e. The molecular formula is C7H16N5+. The summed E-state index contributed by atoms with van der Waals surface area (Å²) in [5.74, 6) is 0.747. The lowest BCUT2D eigenvalue weighted by Gasteiger charge is -2.23. The number of guanidine groups is 1. The summed E-state index contributed by atoms with van der Waals surface area (Å²) in [4.78, 5) is 7.49. The number of rotatable bonds is 0. The Morgan fingerprint density at radius 1 is 1.42 bits per heavy atom. The fourth-order valence-corrected chi connectivity index (χ4v) is 1.32. The molecule has 5 heteroatoms. The number of nitrogens with zero attached hydrogens (tertiary/aromatic N) is 3. The van der Waals surface area contributed by atoms with Gasteiger partial charge in [-0.2, -0.15) is 0 Å². The van der Waals surface area contributed by atoms with E-state index in [4.69, 9.17) is 5.53 Å². The molecule has 1 aliphatic heterocycles. The van der Waals surface area contributed by atoms with Crippen LogP contribution in [0.15, 0.2) is 0 Å². The summed E-state index contributed by atoms with van der Waals surface area (Å²) in [6, 6.07) is 0. The highest BCUT2D eigenvalue weighted by Gasteiger charge is 2.24. The van der Waals surface area contributed by atoms with E-state index in [9.17, 15) is 0 Å². The molecule has 1 heterocycles. The topological polar surface area (TPSA) is 56.5 Å². The zero-order chi connectivity index (χ0) is 8.97. The quantitative estimate of drug-likeness (QED) is 0.213. The van der Waals surface area contributed by atoms with Crippen molar-refractivity contribution < 1.29 is 4.79 Å². The van der Waals surface area contributed by atoms with Gasteiger partial charge in [-0.15, -0.1) is 4.79 Å². The minimum Gasteiger partial charge on any atom is -0.310 e. The maximum absolute atomic E-state index is 7.01. The van der Waals surface area contributed by atoms with Crippen molar-refractivity contribution in [1.82, 2.24) is 15.1 Å². The first-order valence-electron chi connectivity index (χ1n) is 4.13. The summed E-state index contributed by atoms with van der Waals surface area (Å²) >= 11 is 0. The second kappa shape index (κ2) is 4.09. The van der Waals surface area contributed by atoms with Gasteiger partial charge in [0.05, 0.1) is 27.2 Å². The highest BCUT2D eigenvalue weighted by Crippen LogP contribution is 1.94. The van der Waals surface area contributed by atoms with E-state index in [1.807, 2.05) is 19.0 Å². The van der Waals surface area contributed by atoms with Gasteiger partial charge in [0.15, 0.2) is 0 Å². The molecule has 1 aliphatic rings. The molecule has 1 fully saturated rings. The van der Waals surface area contributed by atoms with E-state index in [0.29, 0.717) is 0 Å². The van der Waals surface area contributed by atoms with Gasteiger partial charge in [-0.05, 0) is 0 Å².